The van der Waals surface area contributed by atoms with E-state index in [4.69, 9.17) is 0 Å². The van der Waals surface area contributed by atoms with E-state index in [1.807, 2.05) is 0 Å². The zero-order chi connectivity index (χ0) is 13.8. The first-order valence-electron chi connectivity index (χ1n) is 5.68. The fourth-order valence-electron chi connectivity index (χ4n) is 1.46. The fraction of sp³-hybridized carbons (Fsp3) is 0.364. The van der Waals surface area contributed by atoms with Crippen LogP contribution in [0, 0.1) is 0 Å². The maximum Gasteiger partial charge on any atom is 0.377 e. The Bertz CT molecular complexity index is 599. The monoisotopic (exact) mass is 325 g/mol. The van der Waals surface area contributed by atoms with E-state index in [0.717, 1.165) is 12.8 Å². The number of rotatable bonds is 4. The second-order valence-corrected chi connectivity index (χ2v) is 4.53. The highest BCUT2D eigenvalue weighted by Crippen LogP contribution is 2.12. The highest BCUT2D eigenvalue weighted by molar-refractivity contribution is 9.10. The number of halogens is 1. The van der Waals surface area contributed by atoms with E-state index in [9.17, 15) is 4.79 Å². The Morgan fingerprint density at radius 2 is 2.26 bits per heavy atom. The van der Waals surface area contributed by atoms with Crippen LogP contribution in [0.3, 0.4) is 0 Å². The number of methoxy groups -OCH3 is 1. The van der Waals surface area contributed by atoms with Gasteiger partial charge in [0.05, 0.1) is 7.11 Å². The molecule has 2 aromatic heterocycles. The predicted molar refractivity (Wildman–Crippen MR) is 70.0 cm³/mol. The molecule has 0 fully saturated rings. The number of nitrogens with zero attached hydrogens (tertiary/aromatic N) is 5. The number of aromatic nitrogens is 5. The Morgan fingerprint density at radius 1 is 1.47 bits per heavy atom. The lowest BCUT2D eigenvalue weighted by atomic mass is 10.3. The SMILES string of the molecule is CCCc1nc(Br)cc(-n2cnc(C(=O)OC)n2)n1. The van der Waals surface area contributed by atoms with Crippen LogP contribution in [0.2, 0.25) is 0 Å². The largest absolute Gasteiger partial charge is 0.463 e. The van der Waals surface area contributed by atoms with E-state index in [2.05, 4.69) is 47.6 Å². The lowest BCUT2D eigenvalue weighted by molar-refractivity contribution is 0.0587. The summed E-state index contributed by atoms with van der Waals surface area (Å²) in [6.07, 6.45) is 3.13. The number of hydrogen-bond donors (Lipinski definition) is 0. The van der Waals surface area contributed by atoms with Gasteiger partial charge in [0.15, 0.2) is 5.82 Å². The first-order valence-corrected chi connectivity index (χ1v) is 6.47. The summed E-state index contributed by atoms with van der Waals surface area (Å²) in [6, 6.07) is 1.70. The molecule has 0 N–H and O–H groups in total. The van der Waals surface area contributed by atoms with Gasteiger partial charge in [-0.05, 0) is 22.4 Å². The minimum atomic E-state index is -0.583. The fourth-order valence-corrected chi connectivity index (χ4v) is 1.87. The molecule has 8 heteroatoms. The summed E-state index contributed by atoms with van der Waals surface area (Å²) in [6.45, 7) is 2.05. The summed E-state index contributed by atoms with van der Waals surface area (Å²) in [5.41, 5.74) is 0. The van der Waals surface area contributed by atoms with Crippen molar-refractivity contribution in [3.8, 4) is 5.82 Å². The van der Waals surface area contributed by atoms with Gasteiger partial charge in [0.1, 0.15) is 16.8 Å². The van der Waals surface area contributed by atoms with Crippen LogP contribution in [0.4, 0.5) is 0 Å². The van der Waals surface area contributed by atoms with E-state index in [-0.39, 0.29) is 5.82 Å². The minimum Gasteiger partial charge on any atom is -0.463 e. The Balaban J connectivity index is 2.35. The summed E-state index contributed by atoms with van der Waals surface area (Å²) in [5.74, 6) is 0.671. The van der Waals surface area contributed by atoms with Crippen LogP contribution in [0.5, 0.6) is 0 Å². The number of hydrogen-bond acceptors (Lipinski definition) is 6. The van der Waals surface area contributed by atoms with Gasteiger partial charge >= 0.3 is 5.97 Å². The first kappa shape index (κ1) is 13.6. The molecule has 0 spiro atoms. The lowest BCUT2D eigenvalue weighted by Crippen LogP contribution is -2.07. The third kappa shape index (κ3) is 3.14. The van der Waals surface area contributed by atoms with Crippen molar-refractivity contribution >= 4 is 21.9 Å². The van der Waals surface area contributed by atoms with Gasteiger partial charge in [-0.25, -0.2) is 24.4 Å². The van der Waals surface area contributed by atoms with Crippen molar-refractivity contribution in [2.45, 2.75) is 19.8 Å². The molecule has 0 aliphatic carbocycles. The highest BCUT2D eigenvalue weighted by Gasteiger charge is 2.13. The molecule has 7 nitrogen and oxygen atoms in total. The van der Waals surface area contributed by atoms with E-state index in [1.165, 1.54) is 18.1 Å². The highest BCUT2D eigenvalue weighted by atomic mass is 79.9. The number of aryl methyl sites for hydroxylation is 1. The topological polar surface area (TPSA) is 82.8 Å². The molecule has 2 rings (SSSR count). The van der Waals surface area contributed by atoms with Crippen LogP contribution >= 0.6 is 15.9 Å². The zero-order valence-electron chi connectivity index (χ0n) is 10.5. The third-order valence-corrected chi connectivity index (χ3v) is 2.70. The van der Waals surface area contributed by atoms with Gasteiger partial charge in [-0.2, -0.15) is 0 Å². The van der Waals surface area contributed by atoms with E-state index < -0.39 is 5.97 Å². The van der Waals surface area contributed by atoms with Crippen LogP contribution in [-0.4, -0.2) is 37.8 Å². The van der Waals surface area contributed by atoms with Crippen molar-refractivity contribution < 1.29 is 9.53 Å². The van der Waals surface area contributed by atoms with Crippen LogP contribution in [0.25, 0.3) is 5.82 Å². The van der Waals surface area contributed by atoms with Gasteiger partial charge in [-0.3, -0.25) is 0 Å². The Morgan fingerprint density at radius 3 is 2.95 bits per heavy atom. The molecule has 0 aliphatic heterocycles. The van der Waals surface area contributed by atoms with Crippen molar-refractivity contribution in [1.29, 1.82) is 0 Å². The van der Waals surface area contributed by atoms with Crippen LogP contribution in [0.15, 0.2) is 17.0 Å². The third-order valence-electron chi connectivity index (χ3n) is 2.30. The summed E-state index contributed by atoms with van der Waals surface area (Å²) >= 11 is 3.33. The maximum absolute atomic E-state index is 11.3. The molecular formula is C11H12BrN5O2. The Kier molecular flexibility index (Phi) is 4.20. The van der Waals surface area contributed by atoms with Gasteiger partial charge in [0.2, 0.25) is 0 Å². The zero-order valence-corrected chi connectivity index (χ0v) is 12.1. The molecule has 100 valence electrons. The van der Waals surface area contributed by atoms with E-state index in [0.29, 0.717) is 16.2 Å². The van der Waals surface area contributed by atoms with Crippen LogP contribution in [-0.2, 0) is 11.2 Å². The molecular weight excluding hydrogens is 314 g/mol. The van der Waals surface area contributed by atoms with E-state index >= 15 is 0 Å². The second-order valence-electron chi connectivity index (χ2n) is 3.72. The normalized spacial score (nSPS) is 10.5. The predicted octanol–water partition coefficient (Wildman–Crippen LogP) is 1.56. The molecule has 0 aliphatic rings. The summed E-state index contributed by atoms with van der Waals surface area (Å²) in [7, 11) is 1.28. The van der Waals surface area contributed by atoms with Gasteiger partial charge < -0.3 is 4.74 Å². The average molecular weight is 326 g/mol. The van der Waals surface area contributed by atoms with Gasteiger partial charge in [0, 0.05) is 12.5 Å². The quantitative estimate of drug-likeness (QED) is 0.626. The van der Waals surface area contributed by atoms with Crippen LogP contribution < -0.4 is 0 Å². The maximum atomic E-state index is 11.3. The van der Waals surface area contributed by atoms with Crippen molar-refractivity contribution in [2.75, 3.05) is 7.11 Å². The summed E-state index contributed by atoms with van der Waals surface area (Å²) < 4.78 is 6.63. The van der Waals surface area contributed by atoms with Crippen molar-refractivity contribution in [2.24, 2.45) is 0 Å². The standard InChI is InChI=1S/C11H12BrN5O2/c1-3-4-8-14-7(12)5-9(15-8)17-6-13-10(16-17)11(18)19-2/h5-6H,3-4H2,1-2H3. The van der Waals surface area contributed by atoms with E-state index in [1.54, 1.807) is 6.07 Å². The van der Waals surface area contributed by atoms with Crippen molar-refractivity contribution in [3.05, 3.63) is 28.6 Å². The first-order chi connectivity index (χ1) is 9.13. The molecule has 19 heavy (non-hydrogen) atoms. The Labute approximate surface area is 118 Å². The molecule has 0 atom stereocenters. The van der Waals surface area contributed by atoms with Crippen molar-refractivity contribution in [3.63, 3.8) is 0 Å². The van der Waals surface area contributed by atoms with Gasteiger partial charge in [-0.15, -0.1) is 5.10 Å². The van der Waals surface area contributed by atoms with Gasteiger partial charge in [0.25, 0.3) is 5.82 Å². The number of carbonyl (C=O) groups is 1. The molecule has 0 saturated heterocycles. The molecule has 0 unspecified atom stereocenters. The molecule has 0 saturated carbocycles. The number of carbonyl (C=O) groups excluding carboxylic acids is 1. The molecule has 2 heterocycles. The van der Waals surface area contributed by atoms with Gasteiger partial charge in [-0.1, -0.05) is 6.92 Å². The smallest absolute Gasteiger partial charge is 0.377 e. The molecule has 2 aromatic rings. The summed E-state index contributed by atoms with van der Waals surface area (Å²) in [5, 5.41) is 4.01. The Hall–Kier alpha value is -1.83. The number of ether oxygens (including phenoxy) is 1. The molecule has 0 amide bonds. The second kappa shape index (κ2) is 5.87. The van der Waals surface area contributed by atoms with Crippen molar-refractivity contribution in [1.82, 2.24) is 24.7 Å². The molecule has 0 radical (unpaired) electrons. The number of esters is 1. The lowest BCUT2D eigenvalue weighted by Gasteiger charge is -2.03. The molecule has 0 aromatic carbocycles. The minimum absolute atomic E-state index is 0.00530. The summed E-state index contributed by atoms with van der Waals surface area (Å²) in [4.78, 5) is 23.8. The molecule has 0 bridgehead atoms. The van der Waals surface area contributed by atoms with Crippen LogP contribution in [0.1, 0.15) is 29.8 Å². The average Bonchev–Trinajstić information content (AvgIpc) is 2.87.